The quantitative estimate of drug-likeness (QED) is 0.430. The van der Waals surface area contributed by atoms with E-state index in [-0.39, 0.29) is 45.3 Å². The van der Waals surface area contributed by atoms with Crippen LogP contribution in [0.5, 0.6) is 5.75 Å². The van der Waals surface area contributed by atoms with Crippen LogP contribution in [0.4, 0.5) is 13.2 Å². The van der Waals surface area contributed by atoms with Gasteiger partial charge in [-0.25, -0.2) is 9.97 Å². The van der Waals surface area contributed by atoms with E-state index in [1.54, 1.807) is 6.92 Å². The molecule has 0 radical (unpaired) electrons. The maximum atomic E-state index is 13.0. The number of halogens is 3. The molecule has 1 aliphatic carbocycles. The van der Waals surface area contributed by atoms with Crippen LogP contribution in [0, 0.1) is 25.2 Å². The van der Waals surface area contributed by atoms with Crippen molar-refractivity contribution in [1.82, 2.24) is 9.97 Å². The maximum Gasteiger partial charge on any atom is 0.534 e. The largest absolute Gasteiger partial charge is 0.534 e. The molecule has 3 aromatic rings. The highest BCUT2D eigenvalue weighted by Gasteiger charge is 2.49. The molecule has 7 nitrogen and oxygen atoms in total. The monoisotopic (exact) mass is 443 g/mol. The molecular weight excluding hydrogens is 431 g/mol. The molecule has 12 heteroatoms. The number of thiazole rings is 1. The molecule has 1 saturated carbocycles. The Kier molecular flexibility index (Phi) is 4.36. The third-order valence-corrected chi connectivity index (χ3v) is 6.18. The predicted octanol–water partition coefficient (Wildman–Crippen LogP) is 4.55. The Bertz CT molecular complexity index is 1280. The van der Waals surface area contributed by atoms with Crippen molar-refractivity contribution < 1.29 is 30.2 Å². The highest BCUT2D eigenvalue weighted by Crippen LogP contribution is 2.47. The predicted molar refractivity (Wildman–Crippen MR) is 96.9 cm³/mol. The number of oxazole rings is 1. The number of rotatable bonds is 4. The fourth-order valence-corrected chi connectivity index (χ4v) is 3.99. The van der Waals surface area contributed by atoms with Crippen LogP contribution in [0.25, 0.3) is 22.4 Å². The first-order valence-electron chi connectivity index (χ1n) is 8.34. The second kappa shape index (κ2) is 6.43. The van der Waals surface area contributed by atoms with Crippen molar-refractivity contribution in [3.63, 3.8) is 0 Å². The Morgan fingerprint density at radius 2 is 2.00 bits per heavy atom. The van der Waals surface area contributed by atoms with Crippen molar-refractivity contribution in [2.75, 3.05) is 0 Å². The Morgan fingerprint density at radius 3 is 2.52 bits per heavy atom. The third-order valence-electron chi connectivity index (χ3n) is 4.45. The molecule has 152 valence electrons. The summed E-state index contributed by atoms with van der Waals surface area (Å²) < 4.78 is 72.8. The molecule has 0 amide bonds. The molecule has 4 rings (SSSR count). The number of hydrogen-bond acceptors (Lipinski definition) is 8. The summed E-state index contributed by atoms with van der Waals surface area (Å²) in [6.45, 7) is 3.15. The van der Waals surface area contributed by atoms with E-state index < -0.39 is 21.4 Å². The van der Waals surface area contributed by atoms with Gasteiger partial charge in [0.1, 0.15) is 11.6 Å². The number of nitriles is 1. The smallest absolute Gasteiger partial charge is 0.436 e. The molecule has 2 aromatic heterocycles. The standard InChI is InChI=1S/C17H12F3N3O4S2/c1-7-10(5-21)13-15(26-16(23-13)9-3-4-9)14(27-29(24,25)17(18,19)20)12(7)11-6-28-8(2)22-11/h6,9H,3-4H2,1-2H3. The minimum Gasteiger partial charge on any atom is -0.436 e. The average molecular weight is 443 g/mol. The van der Waals surface area contributed by atoms with Gasteiger partial charge in [-0.05, 0) is 32.3 Å². The first-order valence-corrected chi connectivity index (χ1v) is 10.6. The molecule has 0 unspecified atom stereocenters. The third kappa shape index (κ3) is 3.24. The van der Waals surface area contributed by atoms with E-state index in [0.717, 1.165) is 12.8 Å². The van der Waals surface area contributed by atoms with Crippen molar-refractivity contribution in [3.05, 3.63) is 27.4 Å². The van der Waals surface area contributed by atoms with E-state index in [1.807, 2.05) is 6.07 Å². The van der Waals surface area contributed by atoms with E-state index in [0.29, 0.717) is 5.01 Å². The number of alkyl halides is 3. The molecule has 1 aromatic carbocycles. The highest BCUT2D eigenvalue weighted by molar-refractivity contribution is 7.88. The van der Waals surface area contributed by atoms with E-state index >= 15 is 0 Å². The van der Waals surface area contributed by atoms with Crippen molar-refractivity contribution in [2.24, 2.45) is 0 Å². The van der Waals surface area contributed by atoms with Gasteiger partial charge in [-0.15, -0.1) is 11.3 Å². The van der Waals surface area contributed by atoms with E-state index in [9.17, 15) is 26.9 Å². The van der Waals surface area contributed by atoms with Gasteiger partial charge in [0.15, 0.2) is 11.6 Å². The average Bonchev–Trinajstić information content (AvgIpc) is 3.24. The van der Waals surface area contributed by atoms with Crippen molar-refractivity contribution in [3.8, 4) is 23.1 Å². The van der Waals surface area contributed by atoms with E-state index in [4.69, 9.17) is 4.42 Å². The molecule has 29 heavy (non-hydrogen) atoms. The summed E-state index contributed by atoms with van der Waals surface area (Å²) >= 11 is 1.21. The minimum absolute atomic E-state index is 0.0220. The van der Waals surface area contributed by atoms with Crippen molar-refractivity contribution in [2.45, 2.75) is 38.1 Å². The molecular formula is C17H12F3N3O4S2. The van der Waals surface area contributed by atoms with Crippen molar-refractivity contribution in [1.29, 1.82) is 5.26 Å². The normalized spacial score (nSPS) is 14.9. The van der Waals surface area contributed by atoms with Crippen LogP contribution in [0.1, 0.15) is 40.8 Å². The summed E-state index contributed by atoms with van der Waals surface area (Å²) in [5.41, 5.74) is -5.60. The van der Waals surface area contributed by atoms with Crippen LogP contribution in [0.15, 0.2) is 9.80 Å². The van der Waals surface area contributed by atoms with Gasteiger partial charge in [-0.1, -0.05) is 0 Å². The minimum atomic E-state index is -5.99. The molecule has 0 saturated heterocycles. The van der Waals surface area contributed by atoms with Gasteiger partial charge in [0.2, 0.25) is 5.58 Å². The summed E-state index contributed by atoms with van der Waals surface area (Å²) in [4.78, 5) is 8.46. The molecule has 0 spiro atoms. The number of hydrogen-bond donors (Lipinski definition) is 0. The summed E-state index contributed by atoms with van der Waals surface area (Å²) in [7, 11) is -5.99. The lowest BCUT2D eigenvalue weighted by Crippen LogP contribution is -2.28. The van der Waals surface area contributed by atoms with Crippen LogP contribution in [-0.4, -0.2) is 23.9 Å². The molecule has 0 atom stereocenters. The topological polar surface area (TPSA) is 106 Å². The Balaban J connectivity index is 2.08. The molecule has 1 aliphatic rings. The zero-order valence-electron chi connectivity index (χ0n) is 15.0. The van der Waals surface area contributed by atoms with Crippen LogP contribution >= 0.6 is 11.3 Å². The highest BCUT2D eigenvalue weighted by atomic mass is 32.2. The summed E-state index contributed by atoms with van der Waals surface area (Å²) in [6, 6.07) is 1.97. The van der Waals surface area contributed by atoms with Gasteiger partial charge in [0, 0.05) is 11.3 Å². The fraction of sp³-hybridized carbons (Fsp3) is 0.353. The molecule has 1 fully saturated rings. The molecule has 0 bridgehead atoms. The van der Waals surface area contributed by atoms with Crippen LogP contribution in [-0.2, 0) is 10.1 Å². The van der Waals surface area contributed by atoms with Crippen LogP contribution in [0.3, 0.4) is 0 Å². The Labute approximate surface area is 166 Å². The summed E-state index contributed by atoms with van der Waals surface area (Å²) in [5, 5.41) is 11.8. The Hall–Kier alpha value is -2.65. The molecule has 0 N–H and O–H groups in total. The zero-order chi connectivity index (χ0) is 21.1. The molecule has 2 heterocycles. The first kappa shape index (κ1) is 19.7. The van der Waals surface area contributed by atoms with Gasteiger partial charge in [0.25, 0.3) is 0 Å². The van der Waals surface area contributed by atoms with Crippen LogP contribution < -0.4 is 4.18 Å². The SMILES string of the molecule is Cc1nc(-c2c(C)c(C#N)c3nc(C4CC4)oc3c2OS(=O)(=O)C(F)(F)F)cs1. The lowest BCUT2D eigenvalue weighted by molar-refractivity contribution is -0.0499. The van der Waals surface area contributed by atoms with Gasteiger partial charge in [-0.2, -0.15) is 26.9 Å². The number of nitrogens with zero attached hydrogens (tertiary/aromatic N) is 3. The number of aryl methyl sites for hydroxylation is 1. The number of fused-ring (bicyclic) bond motifs is 1. The van der Waals surface area contributed by atoms with Gasteiger partial charge in [0.05, 0.1) is 21.8 Å². The fourth-order valence-electron chi connectivity index (χ4n) is 2.91. The number of benzene rings is 1. The summed E-state index contributed by atoms with van der Waals surface area (Å²) in [5.74, 6) is -0.457. The first-order chi connectivity index (χ1) is 13.5. The Morgan fingerprint density at radius 1 is 1.31 bits per heavy atom. The van der Waals surface area contributed by atoms with Gasteiger partial charge >= 0.3 is 15.6 Å². The van der Waals surface area contributed by atoms with Crippen molar-refractivity contribution >= 4 is 32.6 Å². The second-order valence-corrected chi connectivity index (χ2v) is 9.16. The van der Waals surface area contributed by atoms with E-state index in [2.05, 4.69) is 14.2 Å². The second-order valence-electron chi connectivity index (χ2n) is 6.55. The summed E-state index contributed by atoms with van der Waals surface area (Å²) in [6.07, 6.45) is 1.56. The lowest BCUT2D eigenvalue weighted by atomic mass is 9.98. The zero-order valence-corrected chi connectivity index (χ0v) is 16.6. The maximum absolute atomic E-state index is 13.0. The molecule has 0 aliphatic heterocycles. The van der Waals surface area contributed by atoms with Gasteiger partial charge < -0.3 is 8.60 Å². The number of aromatic nitrogens is 2. The van der Waals surface area contributed by atoms with Crippen LogP contribution in [0.2, 0.25) is 0 Å². The van der Waals surface area contributed by atoms with E-state index in [1.165, 1.54) is 23.6 Å². The lowest BCUT2D eigenvalue weighted by Gasteiger charge is -2.15. The van der Waals surface area contributed by atoms with Gasteiger partial charge in [-0.3, -0.25) is 0 Å².